The summed E-state index contributed by atoms with van der Waals surface area (Å²) in [6, 6.07) is 11.5. The van der Waals surface area contributed by atoms with Gasteiger partial charge in [0, 0.05) is 50.0 Å². The second-order valence-corrected chi connectivity index (χ2v) is 9.70. The molecule has 2 aliphatic rings. The Balaban J connectivity index is 1.64. The van der Waals surface area contributed by atoms with Crippen LogP contribution in [-0.2, 0) is 9.53 Å². The molecular formula is C28H32ClFN4O4. The fourth-order valence-electron chi connectivity index (χ4n) is 5.08. The topological polar surface area (TPSA) is 82.2 Å². The lowest BCUT2D eigenvalue weighted by atomic mass is 9.93. The maximum Gasteiger partial charge on any atom is 0.338 e. The van der Waals surface area contributed by atoms with E-state index in [0.717, 1.165) is 0 Å². The Bertz CT molecular complexity index is 1250. The molecule has 0 spiro atoms. The molecule has 2 aromatic carbocycles. The van der Waals surface area contributed by atoms with Crippen molar-refractivity contribution in [2.24, 2.45) is 0 Å². The lowest BCUT2D eigenvalue weighted by Crippen LogP contribution is -2.56. The predicted octanol–water partition coefficient (Wildman–Crippen LogP) is 4.23. The molecule has 38 heavy (non-hydrogen) atoms. The number of halogens is 2. The van der Waals surface area contributed by atoms with Gasteiger partial charge in [-0.1, -0.05) is 41.9 Å². The summed E-state index contributed by atoms with van der Waals surface area (Å²) in [5.74, 6) is -1.26. The standard InChI is InChI=1S/C28H32ClFN4O4/c1-4-33-23(17-32-14-15-34(18(3)16-32)26(35)19-10-6-8-12-21(19)29)24(27(36)38-5-2)25(31-28(33)37)20-11-7-9-13-22(20)30/h6-13,18,25H,4-5,14-17H2,1-3H3,(H,31,37)/t18-,25+/m1/s1. The van der Waals surface area contributed by atoms with Crippen molar-refractivity contribution in [3.8, 4) is 0 Å². The van der Waals surface area contributed by atoms with E-state index in [9.17, 15) is 18.8 Å². The molecule has 1 N–H and O–H groups in total. The number of benzene rings is 2. The summed E-state index contributed by atoms with van der Waals surface area (Å²) in [6.07, 6.45) is 0. The molecule has 0 radical (unpaired) electrons. The van der Waals surface area contributed by atoms with E-state index >= 15 is 0 Å². The molecule has 2 aromatic rings. The van der Waals surface area contributed by atoms with Crippen molar-refractivity contribution >= 4 is 29.5 Å². The molecule has 0 aromatic heterocycles. The van der Waals surface area contributed by atoms with E-state index < -0.39 is 23.9 Å². The lowest BCUT2D eigenvalue weighted by molar-refractivity contribution is -0.139. The van der Waals surface area contributed by atoms with E-state index in [-0.39, 0.29) is 36.2 Å². The first-order valence-electron chi connectivity index (χ1n) is 12.8. The number of rotatable bonds is 7. The molecule has 10 heteroatoms. The zero-order chi connectivity index (χ0) is 27.4. The Kier molecular flexibility index (Phi) is 8.69. The van der Waals surface area contributed by atoms with Crippen molar-refractivity contribution in [2.75, 3.05) is 39.3 Å². The van der Waals surface area contributed by atoms with Crippen molar-refractivity contribution in [3.05, 3.63) is 81.8 Å². The van der Waals surface area contributed by atoms with E-state index in [0.29, 0.717) is 42.5 Å². The van der Waals surface area contributed by atoms with Crippen LogP contribution in [0, 0.1) is 5.82 Å². The van der Waals surface area contributed by atoms with Gasteiger partial charge in [-0.3, -0.25) is 14.6 Å². The number of piperazine rings is 1. The van der Waals surface area contributed by atoms with Crippen LogP contribution in [-0.4, -0.2) is 78.0 Å². The number of esters is 1. The molecule has 0 bridgehead atoms. The molecule has 2 aliphatic heterocycles. The average molecular weight is 543 g/mol. The third-order valence-corrected chi connectivity index (χ3v) is 7.25. The third kappa shape index (κ3) is 5.54. The van der Waals surface area contributed by atoms with Gasteiger partial charge in [0.1, 0.15) is 5.82 Å². The number of hydrogen-bond donors (Lipinski definition) is 1. The molecule has 8 nitrogen and oxygen atoms in total. The summed E-state index contributed by atoms with van der Waals surface area (Å²) in [4.78, 5) is 44.9. The molecule has 4 rings (SSSR count). The number of urea groups is 1. The third-order valence-electron chi connectivity index (χ3n) is 6.92. The molecular weight excluding hydrogens is 511 g/mol. The Morgan fingerprint density at radius 3 is 2.47 bits per heavy atom. The van der Waals surface area contributed by atoms with Crippen LogP contribution < -0.4 is 5.32 Å². The van der Waals surface area contributed by atoms with Gasteiger partial charge in [0.2, 0.25) is 0 Å². The first-order valence-corrected chi connectivity index (χ1v) is 13.1. The number of amides is 3. The van der Waals surface area contributed by atoms with Gasteiger partial charge in [0.15, 0.2) is 0 Å². The Labute approximate surface area is 227 Å². The molecule has 1 saturated heterocycles. The number of likely N-dealkylation sites (N-methyl/N-ethyl adjacent to an activating group) is 1. The summed E-state index contributed by atoms with van der Waals surface area (Å²) < 4.78 is 20.2. The lowest BCUT2D eigenvalue weighted by Gasteiger charge is -2.43. The number of nitrogens with one attached hydrogen (secondary N) is 1. The number of hydrogen-bond acceptors (Lipinski definition) is 5. The van der Waals surface area contributed by atoms with Crippen LogP contribution in [0.4, 0.5) is 9.18 Å². The fourth-order valence-corrected chi connectivity index (χ4v) is 5.30. The van der Waals surface area contributed by atoms with Gasteiger partial charge in [-0.2, -0.15) is 0 Å². The summed E-state index contributed by atoms with van der Waals surface area (Å²) in [7, 11) is 0. The van der Waals surface area contributed by atoms with Gasteiger partial charge in [-0.05, 0) is 39.0 Å². The molecule has 3 amide bonds. The smallest absolute Gasteiger partial charge is 0.338 e. The van der Waals surface area contributed by atoms with Crippen LogP contribution in [0.15, 0.2) is 59.8 Å². The first kappa shape index (κ1) is 27.6. The van der Waals surface area contributed by atoms with Gasteiger partial charge in [0.05, 0.1) is 28.8 Å². The summed E-state index contributed by atoms with van der Waals surface area (Å²) >= 11 is 6.26. The fraction of sp³-hybridized carbons (Fsp3) is 0.393. The summed E-state index contributed by atoms with van der Waals surface area (Å²) in [5, 5.41) is 3.19. The van der Waals surface area contributed by atoms with E-state index in [4.69, 9.17) is 16.3 Å². The molecule has 0 saturated carbocycles. The molecule has 0 unspecified atom stereocenters. The molecule has 2 heterocycles. The number of ether oxygens (including phenoxy) is 1. The zero-order valence-electron chi connectivity index (χ0n) is 21.7. The average Bonchev–Trinajstić information content (AvgIpc) is 2.89. The van der Waals surface area contributed by atoms with E-state index in [1.165, 1.54) is 11.0 Å². The van der Waals surface area contributed by atoms with Gasteiger partial charge < -0.3 is 15.0 Å². The van der Waals surface area contributed by atoms with Crippen molar-refractivity contribution in [1.82, 2.24) is 20.0 Å². The highest BCUT2D eigenvalue weighted by atomic mass is 35.5. The first-order chi connectivity index (χ1) is 18.3. The van der Waals surface area contributed by atoms with E-state index in [1.807, 2.05) is 13.8 Å². The van der Waals surface area contributed by atoms with Crippen molar-refractivity contribution in [3.63, 3.8) is 0 Å². The quantitative estimate of drug-likeness (QED) is 0.530. The Hall–Kier alpha value is -3.43. The highest BCUT2D eigenvalue weighted by molar-refractivity contribution is 6.33. The Morgan fingerprint density at radius 2 is 1.82 bits per heavy atom. The molecule has 2 atom stereocenters. The maximum atomic E-state index is 14.8. The number of nitrogens with zero attached hydrogens (tertiary/aromatic N) is 3. The maximum absolute atomic E-state index is 14.8. The second-order valence-electron chi connectivity index (χ2n) is 9.29. The summed E-state index contributed by atoms with van der Waals surface area (Å²) in [5.41, 5.74) is 1.33. The van der Waals surface area contributed by atoms with E-state index in [2.05, 4.69) is 10.2 Å². The number of carbonyl (C=O) groups excluding carboxylic acids is 3. The van der Waals surface area contributed by atoms with Gasteiger partial charge in [0.25, 0.3) is 5.91 Å². The van der Waals surface area contributed by atoms with Crippen LogP contribution in [0.1, 0.15) is 42.7 Å². The van der Waals surface area contributed by atoms with Crippen molar-refractivity contribution in [1.29, 1.82) is 0 Å². The Morgan fingerprint density at radius 1 is 1.11 bits per heavy atom. The highest BCUT2D eigenvalue weighted by Gasteiger charge is 2.40. The monoisotopic (exact) mass is 542 g/mol. The van der Waals surface area contributed by atoms with Crippen LogP contribution in [0.2, 0.25) is 5.02 Å². The van der Waals surface area contributed by atoms with Crippen molar-refractivity contribution in [2.45, 2.75) is 32.9 Å². The summed E-state index contributed by atoms with van der Waals surface area (Å²) in [6.45, 7) is 7.66. The minimum atomic E-state index is -0.985. The zero-order valence-corrected chi connectivity index (χ0v) is 22.5. The van der Waals surface area contributed by atoms with Gasteiger partial charge in [-0.15, -0.1) is 0 Å². The minimum absolute atomic E-state index is 0.138. The largest absolute Gasteiger partial charge is 0.463 e. The van der Waals surface area contributed by atoms with Crippen LogP contribution >= 0.6 is 11.6 Å². The van der Waals surface area contributed by atoms with Gasteiger partial charge >= 0.3 is 12.0 Å². The van der Waals surface area contributed by atoms with Crippen LogP contribution in [0.5, 0.6) is 0 Å². The van der Waals surface area contributed by atoms with Crippen molar-refractivity contribution < 1.29 is 23.5 Å². The molecule has 202 valence electrons. The van der Waals surface area contributed by atoms with Crippen LogP contribution in [0.25, 0.3) is 0 Å². The number of carbonyl (C=O) groups is 3. The SMILES string of the molecule is CCOC(=O)C1=C(CN2CCN(C(=O)c3ccccc3Cl)[C@H](C)C2)N(CC)C(=O)N[C@H]1c1ccccc1F. The predicted molar refractivity (Wildman–Crippen MR) is 142 cm³/mol. The second kappa shape index (κ2) is 12.0. The minimum Gasteiger partial charge on any atom is -0.463 e. The molecule has 0 aliphatic carbocycles. The van der Waals surface area contributed by atoms with Crippen LogP contribution in [0.3, 0.4) is 0 Å². The normalized spacial score (nSPS) is 20.4. The molecule has 1 fully saturated rings. The van der Waals surface area contributed by atoms with Gasteiger partial charge in [-0.25, -0.2) is 14.0 Å². The highest BCUT2D eigenvalue weighted by Crippen LogP contribution is 2.33. The van der Waals surface area contributed by atoms with E-state index in [1.54, 1.807) is 54.3 Å².